The molecule has 1 aliphatic heterocycles. The lowest BCUT2D eigenvalue weighted by Crippen LogP contribution is -2.34. The van der Waals surface area contributed by atoms with Crippen LogP contribution >= 0.6 is 0 Å². The fourth-order valence-corrected chi connectivity index (χ4v) is 11.1. The van der Waals surface area contributed by atoms with Crippen molar-refractivity contribution in [2.24, 2.45) is 9.98 Å². The van der Waals surface area contributed by atoms with Gasteiger partial charge in [0.2, 0.25) is 0 Å². The lowest BCUT2D eigenvalue weighted by atomic mass is 10.0. The van der Waals surface area contributed by atoms with Crippen LogP contribution in [0, 0.1) is 0 Å². The number of hydrogen-bond acceptors (Lipinski definition) is 4. The van der Waals surface area contributed by atoms with Crippen LogP contribution in [-0.4, -0.2) is 20.8 Å². The minimum Gasteiger partial charge on any atom is -0.455 e. The average molecular weight is 882 g/mol. The Morgan fingerprint density at radius 1 is 0.406 bits per heavy atom. The number of aromatic nitrogens is 2. The smallest absolute Gasteiger partial charge is 0.159 e. The van der Waals surface area contributed by atoms with Crippen molar-refractivity contribution in [3.05, 3.63) is 241 Å². The van der Waals surface area contributed by atoms with Crippen molar-refractivity contribution in [2.75, 3.05) is 0 Å². The molecule has 1 aliphatic rings. The maximum Gasteiger partial charge on any atom is 0.159 e. The van der Waals surface area contributed by atoms with Crippen LogP contribution in [0.4, 0.5) is 0 Å². The number of benzene rings is 11. The van der Waals surface area contributed by atoms with E-state index >= 15 is 0 Å². The number of fused-ring (bicyclic) bond motifs is 14. The molecule has 1 N–H and O–H groups in total. The molecule has 15 rings (SSSR count). The molecule has 14 aromatic rings. The quantitative estimate of drug-likeness (QED) is 0.187. The van der Waals surface area contributed by atoms with E-state index in [9.17, 15) is 0 Å². The van der Waals surface area contributed by atoms with Crippen LogP contribution in [-0.2, 0) is 0 Å². The van der Waals surface area contributed by atoms with Crippen molar-refractivity contribution in [1.82, 2.24) is 14.5 Å². The summed E-state index contributed by atoms with van der Waals surface area (Å²) in [5.74, 6) is 1.39. The molecule has 1 atom stereocenters. The standard InChI is InChI=1S/C63H39N5O/c1-3-17-40(18-4-1)61-64-62(43-28-30-48-47-25-13-14-26-53(47)67(55(48)35-43)44-21-5-2-6-22-44)66-63(65-61)52-37-58-50(49-31-27-39-16-10-12-24-46(39)60(49)69-58)36-57(52)68-54-32-29-38-15-9-11-23-45(38)59(54)51-33-41-19-7-8-20-42(41)34-56(51)68/h1-37,63H,(H,64,65,66). The molecule has 0 aliphatic carbocycles. The number of nitrogens with one attached hydrogen (secondary N) is 1. The molecule has 11 aromatic carbocycles. The predicted octanol–water partition coefficient (Wildman–Crippen LogP) is 15.7. The van der Waals surface area contributed by atoms with Gasteiger partial charge >= 0.3 is 0 Å². The average Bonchev–Trinajstić information content (AvgIpc) is 4.07. The first-order chi connectivity index (χ1) is 34.2. The summed E-state index contributed by atoms with van der Waals surface area (Å²) in [6.07, 6.45) is -0.568. The molecule has 6 nitrogen and oxygen atoms in total. The van der Waals surface area contributed by atoms with Gasteiger partial charge < -0.3 is 18.9 Å². The number of hydrogen-bond donors (Lipinski definition) is 1. The van der Waals surface area contributed by atoms with Gasteiger partial charge in [0, 0.05) is 60.1 Å². The SMILES string of the molecule is c1ccc(C2=NC(c3cc4oc5c6ccccc6ccc5c4cc3-n3c4cc5ccccc5cc4c4c5ccccc5ccc43)NC(c3ccc4c5ccccc5n(-c5ccccc5)c4c3)=N2)cc1. The number of aliphatic imine (C=N–C) groups is 2. The van der Waals surface area contributed by atoms with Crippen LogP contribution in [0.25, 0.3) is 109 Å². The maximum absolute atomic E-state index is 7.00. The minimum absolute atomic E-state index is 0.568. The third-order valence-corrected chi connectivity index (χ3v) is 14.3. The number of nitrogens with zero attached hydrogens (tertiary/aromatic N) is 4. The number of furan rings is 1. The van der Waals surface area contributed by atoms with Crippen LogP contribution in [0.1, 0.15) is 22.9 Å². The fraction of sp³-hybridized carbons (Fsp3) is 0.0159. The highest BCUT2D eigenvalue weighted by molar-refractivity contribution is 6.24. The highest BCUT2D eigenvalue weighted by Crippen LogP contribution is 2.44. The molecule has 0 spiro atoms. The molecule has 4 heterocycles. The molecular formula is C63H39N5O. The summed E-state index contributed by atoms with van der Waals surface area (Å²) in [5.41, 5.74) is 11.2. The first-order valence-corrected chi connectivity index (χ1v) is 23.5. The molecule has 0 saturated carbocycles. The van der Waals surface area contributed by atoms with Crippen molar-refractivity contribution in [3.8, 4) is 11.4 Å². The van der Waals surface area contributed by atoms with Crippen molar-refractivity contribution in [1.29, 1.82) is 0 Å². The fourth-order valence-electron chi connectivity index (χ4n) is 11.1. The van der Waals surface area contributed by atoms with Gasteiger partial charge in [0.25, 0.3) is 0 Å². The van der Waals surface area contributed by atoms with Gasteiger partial charge in [0.05, 0.1) is 27.8 Å². The third kappa shape index (κ3) is 5.73. The maximum atomic E-state index is 7.00. The van der Waals surface area contributed by atoms with Gasteiger partial charge in [0.15, 0.2) is 5.84 Å². The van der Waals surface area contributed by atoms with Gasteiger partial charge in [-0.05, 0) is 87.6 Å². The van der Waals surface area contributed by atoms with E-state index in [1.54, 1.807) is 0 Å². The first kappa shape index (κ1) is 37.9. The normalized spacial score (nSPS) is 14.2. The molecule has 3 aromatic heterocycles. The topological polar surface area (TPSA) is 59.8 Å². The number of rotatable bonds is 5. The van der Waals surface area contributed by atoms with E-state index in [-0.39, 0.29) is 0 Å². The zero-order valence-electron chi connectivity index (χ0n) is 37.1. The Balaban J connectivity index is 1.02. The molecule has 0 fully saturated rings. The Hall–Kier alpha value is -9.26. The predicted molar refractivity (Wildman–Crippen MR) is 287 cm³/mol. The summed E-state index contributed by atoms with van der Waals surface area (Å²) in [6, 6.07) is 80.4. The summed E-state index contributed by atoms with van der Waals surface area (Å²) >= 11 is 0. The van der Waals surface area contributed by atoms with Gasteiger partial charge in [-0.3, -0.25) is 0 Å². The second kappa shape index (κ2) is 14.6. The van der Waals surface area contributed by atoms with Gasteiger partial charge in [-0.15, -0.1) is 0 Å². The van der Waals surface area contributed by atoms with Gasteiger partial charge in [-0.25, -0.2) is 9.98 Å². The molecule has 6 heteroatoms. The Labute approximate surface area is 395 Å². The zero-order valence-corrected chi connectivity index (χ0v) is 37.1. The molecule has 0 saturated heterocycles. The van der Waals surface area contributed by atoms with Gasteiger partial charge in [0.1, 0.15) is 23.2 Å². The third-order valence-electron chi connectivity index (χ3n) is 14.3. The molecule has 322 valence electrons. The van der Waals surface area contributed by atoms with E-state index in [2.05, 4.69) is 233 Å². The zero-order chi connectivity index (χ0) is 45.2. The van der Waals surface area contributed by atoms with E-state index in [1.165, 1.54) is 43.1 Å². The largest absolute Gasteiger partial charge is 0.455 e. The Bertz CT molecular complexity index is 4520. The van der Waals surface area contributed by atoms with E-state index in [4.69, 9.17) is 14.4 Å². The Morgan fingerprint density at radius 3 is 1.87 bits per heavy atom. The summed E-state index contributed by atoms with van der Waals surface area (Å²) in [6.45, 7) is 0. The van der Waals surface area contributed by atoms with E-state index in [1.807, 2.05) is 6.07 Å². The summed E-state index contributed by atoms with van der Waals surface area (Å²) in [7, 11) is 0. The highest BCUT2D eigenvalue weighted by Gasteiger charge is 2.28. The van der Waals surface area contributed by atoms with Crippen LogP contribution in [0.2, 0.25) is 0 Å². The van der Waals surface area contributed by atoms with Crippen LogP contribution in [0.5, 0.6) is 0 Å². The van der Waals surface area contributed by atoms with Crippen molar-refractivity contribution in [2.45, 2.75) is 6.17 Å². The first-order valence-electron chi connectivity index (χ1n) is 23.5. The second-order valence-electron chi connectivity index (χ2n) is 18.2. The van der Waals surface area contributed by atoms with Crippen LogP contribution < -0.4 is 5.32 Å². The lowest BCUT2D eigenvalue weighted by Gasteiger charge is -2.26. The van der Waals surface area contributed by atoms with E-state index in [0.29, 0.717) is 5.84 Å². The highest BCUT2D eigenvalue weighted by atomic mass is 16.3. The minimum atomic E-state index is -0.568. The summed E-state index contributed by atoms with van der Waals surface area (Å²) < 4.78 is 11.8. The molecule has 0 bridgehead atoms. The lowest BCUT2D eigenvalue weighted by molar-refractivity contribution is 0.655. The van der Waals surface area contributed by atoms with Crippen molar-refractivity contribution < 1.29 is 4.42 Å². The molecule has 69 heavy (non-hydrogen) atoms. The summed E-state index contributed by atoms with van der Waals surface area (Å²) in [5, 5.41) is 17.9. The van der Waals surface area contributed by atoms with Crippen molar-refractivity contribution in [3.63, 3.8) is 0 Å². The Kier molecular flexibility index (Phi) is 8.03. The Morgan fingerprint density at radius 2 is 1.04 bits per heavy atom. The van der Waals surface area contributed by atoms with Gasteiger partial charge in [-0.1, -0.05) is 164 Å². The molecule has 0 amide bonds. The monoisotopic (exact) mass is 881 g/mol. The van der Waals surface area contributed by atoms with E-state index in [0.717, 1.165) is 88.7 Å². The number of para-hydroxylation sites is 2. The number of amidine groups is 2. The van der Waals surface area contributed by atoms with E-state index < -0.39 is 6.17 Å². The van der Waals surface area contributed by atoms with Crippen LogP contribution in [0.3, 0.4) is 0 Å². The van der Waals surface area contributed by atoms with Gasteiger partial charge in [-0.2, -0.15) is 0 Å². The molecule has 1 unspecified atom stereocenters. The molecule has 0 radical (unpaired) electrons. The second-order valence-corrected chi connectivity index (χ2v) is 18.2. The summed E-state index contributed by atoms with van der Waals surface area (Å²) in [4.78, 5) is 10.9. The molecular weight excluding hydrogens is 843 g/mol. The van der Waals surface area contributed by atoms with Crippen molar-refractivity contribution >= 4 is 110 Å². The van der Waals surface area contributed by atoms with Crippen LogP contribution in [0.15, 0.2) is 239 Å².